The summed E-state index contributed by atoms with van der Waals surface area (Å²) >= 11 is 0. The molecule has 0 heterocycles. The SMILES string of the molecule is Cc1ccc(C)c(C(=O)O)c1.NCC(=O)O.O=C(O)C#Cc1ccccc1.O=C(O)C12CC3CC(CC(C(=O)O)(C1)C3(F)F)C2(F)F.O=C(O)c1ccccc1.O=S(=O)(O)c1ccccc1. The molecule has 4 aromatic carbocycles. The monoisotopic (exact) mass is 947 g/mol. The Morgan fingerprint density at radius 2 is 1.09 bits per heavy atom. The molecular formula is C45H45F4NO15S. The fourth-order valence-corrected chi connectivity index (χ4v) is 7.75. The van der Waals surface area contributed by atoms with E-state index in [-0.39, 0.29) is 11.4 Å². The van der Waals surface area contributed by atoms with E-state index in [4.69, 9.17) is 35.2 Å². The number of benzene rings is 4. The largest absolute Gasteiger partial charge is 0.481 e. The number of rotatable bonds is 6. The van der Waals surface area contributed by atoms with Crippen LogP contribution in [0.5, 0.6) is 0 Å². The Balaban J connectivity index is 0.000000286. The second kappa shape index (κ2) is 23.2. The molecule has 4 aromatic rings. The highest BCUT2D eigenvalue weighted by Gasteiger charge is 2.84. The van der Waals surface area contributed by atoms with Crippen LogP contribution in [0.1, 0.15) is 63.1 Å². The van der Waals surface area contributed by atoms with Crippen LogP contribution in [0.2, 0.25) is 0 Å². The summed E-state index contributed by atoms with van der Waals surface area (Å²) in [7, 11) is -4.00. The molecule has 0 amide bonds. The molecule has 0 radical (unpaired) electrons. The van der Waals surface area contributed by atoms with Gasteiger partial charge >= 0.3 is 35.8 Å². The molecule has 4 saturated carbocycles. The minimum atomic E-state index is -4.00. The molecule has 4 atom stereocenters. The van der Waals surface area contributed by atoms with Gasteiger partial charge in [-0.25, -0.2) is 31.9 Å². The smallest absolute Gasteiger partial charge is 0.382 e. The van der Waals surface area contributed by atoms with E-state index in [1.54, 1.807) is 73.7 Å². The van der Waals surface area contributed by atoms with E-state index in [0.29, 0.717) is 11.1 Å². The third kappa shape index (κ3) is 13.9. The molecule has 21 heteroatoms. The zero-order chi connectivity index (χ0) is 50.3. The van der Waals surface area contributed by atoms with Gasteiger partial charge in [0.1, 0.15) is 10.8 Å². The standard InChI is InChI=1S/C12H12F4O4.C9H10O2.C9H6O2.C7H6O2.C6H6O3S.C2H5NO2/c13-11(14)5-1-6-3-10(11,8(19)20)4-9(2-5,7(17)18)12(6,15)16;1-6-3-4-7(2)8(5-6)9(10)11;10-9(11)7-6-8-4-2-1-3-5-8;8-7(9)6-4-2-1-3-5-6;7-10(8,9)6-4-2-1-3-5-6;3-1-2(4)5/h5-6H,1-4H2,(H,17,18)(H,19,20);3-5H,1-2H3,(H,10,11);1-5H,(H,10,11);1-5H,(H,8,9);1-5H,(H,7,8,9);1,3H2,(H,4,5). The molecular weight excluding hydrogens is 903 g/mol. The minimum absolute atomic E-state index is 0.0741. The lowest BCUT2D eigenvalue weighted by atomic mass is 9.41. The summed E-state index contributed by atoms with van der Waals surface area (Å²) in [6.45, 7) is 3.40. The van der Waals surface area contributed by atoms with Crippen molar-refractivity contribution in [3.8, 4) is 11.8 Å². The van der Waals surface area contributed by atoms with Crippen LogP contribution in [0.15, 0.2) is 114 Å². The summed E-state index contributed by atoms with van der Waals surface area (Å²) in [5, 5.41) is 51.2. The Labute approximate surface area is 375 Å². The molecule has 4 unspecified atom stereocenters. The van der Waals surface area contributed by atoms with Gasteiger partial charge in [0.25, 0.3) is 22.0 Å². The average molecular weight is 948 g/mol. The van der Waals surface area contributed by atoms with Crippen molar-refractivity contribution in [1.29, 1.82) is 0 Å². The number of nitrogens with two attached hydrogens (primary N) is 1. The molecule has 0 aliphatic heterocycles. The summed E-state index contributed by atoms with van der Waals surface area (Å²) in [5.74, 6) is -13.6. The Bertz CT molecular complexity index is 2490. The van der Waals surface area contributed by atoms with Crippen molar-refractivity contribution in [3.63, 3.8) is 0 Å². The lowest BCUT2D eigenvalue weighted by Crippen LogP contribution is -2.74. The third-order valence-corrected chi connectivity index (χ3v) is 11.3. The molecule has 0 spiro atoms. The highest BCUT2D eigenvalue weighted by molar-refractivity contribution is 7.85. The number of alkyl halides is 4. The molecule has 9 N–H and O–H groups in total. The molecule has 16 nitrogen and oxygen atoms in total. The van der Waals surface area contributed by atoms with E-state index >= 15 is 0 Å². The Kier molecular flexibility index (Phi) is 19.3. The Hall–Kier alpha value is -7.15. The number of carboxylic acid groups (broad SMARTS) is 6. The number of aromatic carboxylic acids is 2. The highest BCUT2D eigenvalue weighted by Crippen LogP contribution is 2.75. The number of aliphatic carboxylic acids is 4. The van der Waals surface area contributed by atoms with Gasteiger partial charge in [-0.15, -0.1) is 0 Å². The van der Waals surface area contributed by atoms with Gasteiger partial charge in [-0.3, -0.25) is 18.9 Å². The van der Waals surface area contributed by atoms with Gasteiger partial charge in [0.05, 0.1) is 22.6 Å². The van der Waals surface area contributed by atoms with E-state index in [9.17, 15) is 54.7 Å². The third-order valence-electron chi connectivity index (χ3n) is 10.4. The molecule has 66 heavy (non-hydrogen) atoms. The fraction of sp³-hybridized carbons (Fsp3) is 0.289. The molecule has 4 bridgehead atoms. The second-order valence-electron chi connectivity index (χ2n) is 14.8. The molecule has 354 valence electrons. The zero-order valence-electron chi connectivity index (χ0n) is 35.0. The first-order chi connectivity index (χ1) is 30.6. The van der Waals surface area contributed by atoms with Crippen LogP contribution < -0.4 is 5.73 Å². The number of carbonyl (C=O) groups is 6. The van der Waals surface area contributed by atoms with Crippen molar-refractivity contribution in [2.24, 2.45) is 28.4 Å². The van der Waals surface area contributed by atoms with Crippen molar-refractivity contribution in [2.45, 2.75) is 56.3 Å². The number of hydrogen-bond acceptors (Lipinski definition) is 9. The van der Waals surface area contributed by atoms with Gasteiger partial charge in [0.15, 0.2) is 0 Å². The quantitative estimate of drug-likeness (QED) is 0.0566. The van der Waals surface area contributed by atoms with Gasteiger partial charge in [0.2, 0.25) is 0 Å². The molecule has 8 rings (SSSR count). The summed E-state index contributed by atoms with van der Waals surface area (Å²) < 4.78 is 86.4. The Morgan fingerprint density at radius 1 is 0.667 bits per heavy atom. The predicted molar refractivity (Wildman–Crippen MR) is 226 cm³/mol. The number of halogens is 4. The maximum Gasteiger partial charge on any atom is 0.382 e. The van der Waals surface area contributed by atoms with E-state index < -0.39 is 106 Å². The summed E-state index contributed by atoms with van der Waals surface area (Å²) in [6.07, 6.45) is -3.47. The normalized spacial score (nSPS) is 20.7. The molecule has 4 aliphatic rings. The molecule has 0 saturated heterocycles. The molecule has 4 aliphatic carbocycles. The van der Waals surface area contributed by atoms with Crippen LogP contribution in [-0.4, -0.2) is 97.8 Å². The van der Waals surface area contributed by atoms with Crippen molar-refractivity contribution >= 4 is 45.9 Å². The van der Waals surface area contributed by atoms with Crippen LogP contribution in [0.4, 0.5) is 17.6 Å². The number of aryl methyl sites for hydroxylation is 2. The number of hydrogen-bond donors (Lipinski definition) is 8. The lowest BCUT2D eigenvalue weighted by Gasteiger charge is -2.64. The van der Waals surface area contributed by atoms with E-state index in [1.165, 1.54) is 12.1 Å². The first-order valence-electron chi connectivity index (χ1n) is 19.1. The van der Waals surface area contributed by atoms with Crippen LogP contribution in [0.3, 0.4) is 0 Å². The van der Waals surface area contributed by atoms with E-state index in [0.717, 1.165) is 16.7 Å². The van der Waals surface area contributed by atoms with Crippen LogP contribution in [0.25, 0.3) is 0 Å². The first-order valence-corrected chi connectivity index (χ1v) is 20.6. The summed E-state index contributed by atoms with van der Waals surface area (Å²) in [5.41, 5.74) is 2.44. The van der Waals surface area contributed by atoms with Crippen molar-refractivity contribution in [3.05, 3.63) is 137 Å². The average Bonchev–Trinajstić information content (AvgIpc) is 3.25. The van der Waals surface area contributed by atoms with Gasteiger partial charge in [-0.05, 0) is 87.6 Å². The Morgan fingerprint density at radius 3 is 1.41 bits per heavy atom. The van der Waals surface area contributed by atoms with E-state index in [2.05, 4.69) is 11.7 Å². The fourth-order valence-electron chi connectivity index (χ4n) is 7.25. The second-order valence-corrected chi connectivity index (χ2v) is 16.3. The van der Waals surface area contributed by atoms with E-state index in [1.807, 2.05) is 43.2 Å². The predicted octanol–water partition coefficient (Wildman–Crippen LogP) is 6.70. The van der Waals surface area contributed by atoms with Gasteiger partial charge in [0, 0.05) is 23.3 Å². The van der Waals surface area contributed by atoms with Crippen LogP contribution >= 0.6 is 0 Å². The van der Waals surface area contributed by atoms with Crippen molar-refractivity contribution < 1.29 is 89.9 Å². The topological polar surface area (TPSA) is 304 Å². The van der Waals surface area contributed by atoms with Crippen LogP contribution in [-0.2, 0) is 29.3 Å². The van der Waals surface area contributed by atoms with Gasteiger partial charge in [-0.1, -0.05) is 78.2 Å². The molecule has 0 aromatic heterocycles. The first kappa shape index (κ1) is 55.0. The summed E-state index contributed by atoms with van der Waals surface area (Å²) in [6, 6.07) is 30.1. The van der Waals surface area contributed by atoms with Crippen LogP contribution in [0, 0.1) is 48.4 Å². The lowest BCUT2D eigenvalue weighted by molar-refractivity contribution is -0.337. The number of carboxylic acids is 6. The highest BCUT2D eigenvalue weighted by atomic mass is 32.2. The zero-order valence-corrected chi connectivity index (χ0v) is 35.8. The maximum atomic E-state index is 14.3. The maximum absolute atomic E-state index is 14.3. The minimum Gasteiger partial charge on any atom is -0.481 e. The summed E-state index contributed by atoms with van der Waals surface area (Å²) in [4.78, 5) is 62.6. The molecule has 4 fully saturated rings. The van der Waals surface area contributed by atoms with Crippen molar-refractivity contribution in [1.82, 2.24) is 0 Å². The van der Waals surface area contributed by atoms with Gasteiger partial charge in [-0.2, -0.15) is 8.42 Å². The van der Waals surface area contributed by atoms with Crippen molar-refractivity contribution in [2.75, 3.05) is 6.54 Å². The van der Waals surface area contributed by atoms with Gasteiger partial charge < -0.3 is 36.4 Å².